The van der Waals surface area contributed by atoms with Gasteiger partial charge in [0.2, 0.25) is 0 Å². The van der Waals surface area contributed by atoms with Crippen molar-refractivity contribution in [3.8, 4) is 0 Å². The van der Waals surface area contributed by atoms with Crippen LogP contribution in [0.15, 0.2) is 30.5 Å². The van der Waals surface area contributed by atoms with Crippen molar-refractivity contribution in [3.05, 3.63) is 36.0 Å². The second-order valence-electron chi connectivity index (χ2n) is 6.32. The van der Waals surface area contributed by atoms with E-state index in [1.165, 1.54) is 55.0 Å². The molecule has 1 aliphatic carbocycles. The topological polar surface area (TPSA) is 27.8 Å². The molecule has 1 aromatic heterocycles. The fourth-order valence-electron chi connectivity index (χ4n) is 3.46. The molecule has 0 spiro atoms. The van der Waals surface area contributed by atoms with Gasteiger partial charge in [0.05, 0.1) is 0 Å². The van der Waals surface area contributed by atoms with Gasteiger partial charge in [0.1, 0.15) is 0 Å². The first-order chi connectivity index (χ1) is 9.83. The van der Waals surface area contributed by atoms with Crippen LogP contribution in [0.5, 0.6) is 0 Å². The maximum atomic E-state index is 3.74. The summed E-state index contributed by atoms with van der Waals surface area (Å²) in [4.78, 5) is 3.29. The number of aromatic amines is 1. The lowest BCUT2D eigenvalue weighted by Crippen LogP contribution is -2.32. The van der Waals surface area contributed by atoms with Crippen molar-refractivity contribution < 1.29 is 0 Å². The number of benzene rings is 1. The first-order valence-corrected chi connectivity index (χ1v) is 8.12. The van der Waals surface area contributed by atoms with E-state index < -0.39 is 0 Å². The Hall–Kier alpha value is -1.28. The first kappa shape index (κ1) is 13.7. The predicted molar refractivity (Wildman–Crippen MR) is 85.8 cm³/mol. The van der Waals surface area contributed by atoms with E-state index in [1.807, 2.05) is 6.20 Å². The summed E-state index contributed by atoms with van der Waals surface area (Å²) in [5, 5.41) is 5.04. The molecule has 0 bridgehead atoms. The summed E-state index contributed by atoms with van der Waals surface area (Å²) >= 11 is 0. The van der Waals surface area contributed by atoms with E-state index in [-0.39, 0.29) is 0 Å². The Bertz CT molecular complexity index is 535. The van der Waals surface area contributed by atoms with Gasteiger partial charge in [-0.25, -0.2) is 0 Å². The van der Waals surface area contributed by atoms with Crippen molar-refractivity contribution in [2.24, 2.45) is 5.92 Å². The molecule has 2 heteroatoms. The Balaban J connectivity index is 1.57. The van der Waals surface area contributed by atoms with E-state index in [0.717, 1.165) is 12.5 Å². The standard InChI is InChI=1S/C18H26N2/c1-14(16-6-4-2-3-5-7-16)20-13-15-8-9-17-10-11-19-18(17)12-15/h8-12,14,16,19-20H,2-7,13H2,1H3/t14-/m1/s1. The van der Waals surface area contributed by atoms with Gasteiger partial charge in [0, 0.05) is 24.3 Å². The molecule has 1 fully saturated rings. The van der Waals surface area contributed by atoms with E-state index in [1.54, 1.807) is 0 Å². The van der Waals surface area contributed by atoms with Gasteiger partial charge >= 0.3 is 0 Å². The van der Waals surface area contributed by atoms with Gasteiger partial charge in [0.15, 0.2) is 0 Å². The molecule has 108 valence electrons. The molecule has 0 radical (unpaired) electrons. The monoisotopic (exact) mass is 270 g/mol. The Labute approximate surface area is 122 Å². The molecular formula is C18H26N2. The molecule has 1 saturated carbocycles. The van der Waals surface area contributed by atoms with Crippen LogP contribution in [0, 0.1) is 5.92 Å². The summed E-state index contributed by atoms with van der Waals surface area (Å²) in [6.45, 7) is 3.34. The highest BCUT2D eigenvalue weighted by Gasteiger charge is 2.18. The van der Waals surface area contributed by atoms with Crippen LogP contribution in [-0.4, -0.2) is 11.0 Å². The first-order valence-electron chi connectivity index (χ1n) is 8.12. The zero-order valence-electron chi connectivity index (χ0n) is 12.5. The molecule has 1 atom stereocenters. The van der Waals surface area contributed by atoms with E-state index in [4.69, 9.17) is 0 Å². The fourth-order valence-corrected chi connectivity index (χ4v) is 3.46. The summed E-state index contributed by atoms with van der Waals surface area (Å²) < 4.78 is 0. The third-order valence-electron chi connectivity index (χ3n) is 4.85. The summed E-state index contributed by atoms with van der Waals surface area (Å²) in [6, 6.07) is 9.47. The molecule has 1 aliphatic rings. The maximum absolute atomic E-state index is 3.74. The zero-order chi connectivity index (χ0) is 13.8. The van der Waals surface area contributed by atoms with Gasteiger partial charge in [0.25, 0.3) is 0 Å². The predicted octanol–water partition coefficient (Wildman–Crippen LogP) is 4.62. The van der Waals surface area contributed by atoms with E-state index in [9.17, 15) is 0 Å². The third kappa shape index (κ3) is 3.24. The molecule has 2 N–H and O–H groups in total. The van der Waals surface area contributed by atoms with E-state index >= 15 is 0 Å². The van der Waals surface area contributed by atoms with Crippen LogP contribution in [0.1, 0.15) is 51.0 Å². The molecule has 0 aliphatic heterocycles. The highest BCUT2D eigenvalue weighted by atomic mass is 14.9. The highest BCUT2D eigenvalue weighted by Crippen LogP contribution is 2.25. The van der Waals surface area contributed by atoms with Gasteiger partial charge in [-0.05, 0) is 48.8 Å². The molecule has 3 rings (SSSR count). The molecule has 2 nitrogen and oxygen atoms in total. The van der Waals surface area contributed by atoms with Gasteiger partial charge in [-0.15, -0.1) is 0 Å². The summed E-state index contributed by atoms with van der Waals surface area (Å²) in [7, 11) is 0. The SMILES string of the molecule is C[C@@H](NCc1ccc2cc[nH]c2c1)C1CCCCCC1. The van der Waals surface area contributed by atoms with Crippen molar-refractivity contribution in [2.45, 2.75) is 58.0 Å². The van der Waals surface area contributed by atoms with Crippen LogP contribution in [0.2, 0.25) is 0 Å². The quantitative estimate of drug-likeness (QED) is 0.780. The zero-order valence-corrected chi connectivity index (χ0v) is 12.5. The normalized spacial score (nSPS) is 19.1. The van der Waals surface area contributed by atoms with Crippen LogP contribution in [0.3, 0.4) is 0 Å². The Kier molecular flexibility index (Phi) is 4.41. The van der Waals surface area contributed by atoms with E-state index in [2.05, 4.69) is 41.5 Å². The van der Waals surface area contributed by atoms with Crippen LogP contribution < -0.4 is 5.32 Å². The van der Waals surface area contributed by atoms with Crippen LogP contribution >= 0.6 is 0 Å². The smallest absolute Gasteiger partial charge is 0.0457 e. The molecule has 1 heterocycles. The van der Waals surface area contributed by atoms with Crippen LogP contribution in [-0.2, 0) is 6.54 Å². The Morgan fingerprint density at radius 1 is 1.15 bits per heavy atom. The van der Waals surface area contributed by atoms with Crippen molar-refractivity contribution in [2.75, 3.05) is 0 Å². The van der Waals surface area contributed by atoms with Gasteiger partial charge < -0.3 is 10.3 Å². The number of hydrogen-bond donors (Lipinski definition) is 2. The van der Waals surface area contributed by atoms with E-state index in [0.29, 0.717) is 6.04 Å². The molecule has 0 amide bonds. The number of rotatable bonds is 4. The number of nitrogens with one attached hydrogen (secondary N) is 2. The summed E-state index contributed by atoms with van der Waals surface area (Å²) in [5.41, 5.74) is 2.62. The minimum Gasteiger partial charge on any atom is -0.361 e. The van der Waals surface area contributed by atoms with Crippen molar-refractivity contribution in [1.82, 2.24) is 10.3 Å². The van der Waals surface area contributed by atoms with Crippen molar-refractivity contribution >= 4 is 10.9 Å². The lowest BCUT2D eigenvalue weighted by atomic mass is 9.93. The molecular weight excluding hydrogens is 244 g/mol. The molecule has 0 unspecified atom stereocenters. The number of fused-ring (bicyclic) bond motifs is 1. The third-order valence-corrected chi connectivity index (χ3v) is 4.85. The average molecular weight is 270 g/mol. The largest absolute Gasteiger partial charge is 0.361 e. The maximum Gasteiger partial charge on any atom is 0.0457 e. The number of aromatic nitrogens is 1. The van der Waals surface area contributed by atoms with Crippen molar-refractivity contribution in [3.63, 3.8) is 0 Å². The van der Waals surface area contributed by atoms with Crippen molar-refractivity contribution in [1.29, 1.82) is 0 Å². The summed E-state index contributed by atoms with van der Waals surface area (Å²) in [6.07, 6.45) is 10.5. The highest BCUT2D eigenvalue weighted by molar-refractivity contribution is 5.79. The van der Waals surface area contributed by atoms with Gasteiger partial charge in [-0.3, -0.25) is 0 Å². The summed E-state index contributed by atoms with van der Waals surface area (Å²) in [5.74, 6) is 0.867. The molecule has 0 saturated heterocycles. The Morgan fingerprint density at radius 3 is 2.75 bits per heavy atom. The second-order valence-corrected chi connectivity index (χ2v) is 6.32. The molecule has 2 aromatic rings. The number of H-pyrrole nitrogens is 1. The molecule has 20 heavy (non-hydrogen) atoms. The average Bonchev–Trinajstić information content (AvgIpc) is 2.76. The Morgan fingerprint density at radius 2 is 1.95 bits per heavy atom. The van der Waals surface area contributed by atoms with Crippen LogP contribution in [0.4, 0.5) is 0 Å². The fraction of sp³-hybridized carbons (Fsp3) is 0.556. The van der Waals surface area contributed by atoms with Gasteiger partial charge in [-0.1, -0.05) is 37.8 Å². The minimum atomic E-state index is 0.632. The van der Waals surface area contributed by atoms with Gasteiger partial charge in [-0.2, -0.15) is 0 Å². The number of hydrogen-bond acceptors (Lipinski definition) is 1. The van der Waals surface area contributed by atoms with Crippen LogP contribution in [0.25, 0.3) is 10.9 Å². The lowest BCUT2D eigenvalue weighted by Gasteiger charge is -2.23. The lowest BCUT2D eigenvalue weighted by molar-refractivity contribution is 0.337. The molecule has 1 aromatic carbocycles. The minimum absolute atomic E-state index is 0.632. The second kappa shape index (κ2) is 6.45.